The van der Waals surface area contributed by atoms with Crippen LogP contribution in [-0.2, 0) is 0 Å². The predicted molar refractivity (Wildman–Crippen MR) is 79.9 cm³/mol. The highest BCUT2D eigenvalue weighted by Crippen LogP contribution is 2.34. The highest BCUT2D eigenvalue weighted by molar-refractivity contribution is 5.61. The van der Waals surface area contributed by atoms with Crippen LogP contribution in [0.15, 0.2) is 18.2 Å². The zero-order valence-electron chi connectivity index (χ0n) is 12.2. The molecule has 2 N–H and O–H groups in total. The monoisotopic (exact) mass is 263 g/mol. The van der Waals surface area contributed by atoms with E-state index in [0.717, 1.165) is 44.0 Å². The highest BCUT2D eigenvalue weighted by Gasteiger charge is 2.21. The zero-order valence-corrected chi connectivity index (χ0v) is 12.2. The van der Waals surface area contributed by atoms with Gasteiger partial charge in [-0.2, -0.15) is 0 Å². The first-order chi connectivity index (χ1) is 9.17. The summed E-state index contributed by atoms with van der Waals surface area (Å²) < 4.78 is 5.46. The van der Waals surface area contributed by atoms with Crippen LogP contribution in [0.25, 0.3) is 0 Å². The molecule has 0 bridgehead atoms. The van der Waals surface area contributed by atoms with E-state index in [0.29, 0.717) is 0 Å². The maximum absolute atomic E-state index is 6.13. The van der Waals surface area contributed by atoms with Gasteiger partial charge in [0.25, 0.3) is 0 Å². The Kier molecular flexibility index (Phi) is 4.66. The van der Waals surface area contributed by atoms with Gasteiger partial charge in [0, 0.05) is 43.5 Å². The summed E-state index contributed by atoms with van der Waals surface area (Å²) >= 11 is 0. The summed E-state index contributed by atoms with van der Waals surface area (Å²) in [4.78, 5) is 4.90. The highest BCUT2D eigenvalue weighted by atomic mass is 16.5. The van der Waals surface area contributed by atoms with Gasteiger partial charge in [-0.1, -0.05) is 13.0 Å². The predicted octanol–water partition coefficient (Wildman–Crippen LogP) is 1.86. The summed E-state index contributed by atoms with van der Waals surface area (Å²) in [5, 5.41) is 0. The van der Waals surface area contributed by atoms with Crippen LogP contribution in [0.3, 0.4) is 0 Å². The van der Waals surface area contributed by atoms with Gasteiger partial charge in [0.2, 0.25) is 0 Å². The normalized spacial score (nSPS) is 18.4. The van der Waals surface area contributed by atoms with Gasteiger partial charge in [0.05, 0.1) is 7.11 Å². The van der Waals surface area contributed by atoms with Gasteiger partial charge in [0.15, 0.2) is 0 Å². The smallest absolute Gasteiger partial charge is 0.125 e. The molecular weight excluding hydrogens is 238 g/mol. The minimum atomic E-state index is -0.0182. The van der Waals surface area contributed by atoms with Crippen molar-refractivity contribution in [3.05, 3.63) is 23.8 Å². The van der Waals surface area contributed by atoms with E-state index in [4.69, 9.17) is 10.5 Å². The van der Waals surface area contributed by atoms with Crippen molar-refractivity contribution in [2.75, 3.05) is 44.7 Å². The fraction of sp³-hybridized carbons (Fsp3) is 0.600. The lowest BCUT2D eigenvalue weighted by Crippen LogP contribution is -2.46. The van der Waals surface area contributed by atoms with Crippen LogP contribution >= 0.6 is 0 Å². The molecule has 1 heterocycles. The van der Waals surface area contributed by atoms with E-state index in [1.807, 2.05) is 19.1 Å². The minimum absolute atomic E-state index is 0.0182. The molecule has 106 valence electrons. The molecule has 1 aliphatic rings. The van der Waals surface area contributed by atoms with Crippen molar-refractivity contribution in [2.45, 2.75) is 19.9 Å². The second kappa shape index (κ2) is 6.26. The number of rotatable bonds is 4. The zero-order chi connectivity index (χ0) is 13.8. The number of nitrogens with zero attached hydrogens (tertiary/aromatic N) is 2. The molecular formula is C15H25N3O. The number of methoxy groups -OCH3 is 1. The van der Waals surface area contributed by atoms with Gasteiger partial charge in [-0.05, 0) is 25.6 Å². The number of anilines is 1. The molecule has 0 aliphatic carbocycles. The first-order valence-electron chi connectivity index (χ1n) is 7.07. The van der Waals surface area contributed by atoms with Crippen LogP contribution in [0.2, 0.25) is 0 Å². The van der Waals surface area contributed by atoms with Crippen LogP contribution in [0.4, 0.5) is 5.69 Å². The van der Waals surface area contributed by atoms with Crippen molar-refractivity contribution in [1.29, 1.82) is 0 Å². The largest absolute Gasteiger partial charge is 0.496 e. The van der Waals surface area contributed by atoms with E-state index in [1.54, 1.807) is 7.11 Å². The molecule has 1 aromatic rings. The van der Waals surface area contributed by atoms with Gasteiger partial charge in [-0.15, -0.1) is 0 Å². The molecule has 0 amide bonds. The Morgan fingerprint density at radius 2 is 1.95 bits per heavy atom. The third-order valence-electron chi connectivity index (χ3n) is 3.88. The van der Waals surface area contributed by atoms with Crippen LogP contribution in [-0.4, -0.2) is 44.7 Å². The molecule has 1 atom stereocenters. The van der Waals surface area contributed by atoms with E-state index in [2.05, 4.69) is 22.8 Å². The summed E-state index contributed by atoms with van der Waals surface area (Å²) in [5.41, 5.74) is 8.48. The van der Waals surface area contributed by atoms with Crippen LogP contribution in [0, 0.1) is 0 Å². The molecule has 2 rings (SSSR count). The average Bonchev–Trinajstić information content (AvgIpc) is 2.46. The van der Waals surface area contributed by atoms with Gasteiger partial charge < -0.3 is 20.3 Å². The Labute approximate surface area is 116 Å². The summed E-state index contributed by atoms with van der Waals surface area (Å²) in [7, 11) is 1.71. The fourth-order valence-corrected chi connectivity index (χ4v) is 2.75. The Morgan fingerprint density at radius 3 is 2.47 bits per heavy atom. The molecule has 1 saturated heterocycles. The molecule has 19 heavy (non-hydrogen) atoms. The topological polar surface area (TPSA) is 41.7 Å². The van der Waals surface area contributed by atoms with Crippen molar-refractivity contribution >= 4 is 5.69 Å². The summed E-state index contributed by atoms with van der Waals surface area (Å²) in [6, 6.07) is 6.18. The maximum Gasteiger partial charge on any atom is 0.125 e. The number of piperazine rings is 1. The van der Waals surface area contributed by atoms with Crippen molar-refractivity contribution < 1.29 is 4.74 Å². The van der Waals surface area contributed by atoms with Crippen LogP contribution < -0.4 is 15.4 Å². The lowest BCUT2D eigenvalue weighted by molar-refractivity contribution is 0.271. The van der Waals surface area contributed by atoms with E-state index in [1.165, 1.54) is 5.69 Å². The first-order valence-corrected chi connectivity index (χ1v) is 7.07. The average molecular weight is 263 g/mol. The Bertz CT molecular complexity index is 412. The first kappa shape index (κ1) is 14.2. The van der Waals surface area contributed by atoms with E-state index >= 15 is 0 Å². The van der Waals surface area contributed by atoms with Crippen molar-refractivity contribution in [3.8, 4) is 5.75 Å². The van der Waals surface area contributed by atoms with E-state index in [9.17, 15) is 0 Å². The SMILES string of the molecule is CCN1CCN(c2cccc(OC)c2[C@@H](C)N)CC1. The third kappa shape index (κ3) is 3.01. The molecule has 4 heteroatoms. The Hall–Kier alpha value is -1.26. The number of nitrogens with two attached hydrogens (primary N) is 1. The van der Waals surface area contributed by atoms with Crippen LogP contribution in [0.5, 0.6) is 5.75 Å². The Balaban J connectivity index is 2.25. The second-order valence-electron chi connectivity index (χ2n) is 5.10. The lowest BCUT2D eigenvalue weighted by atomic mass is 10.0. The number of benzene rings is 1. The van der Waals surface area contributed by atoms with Gasteiger partial charge >= 0.3 is 0 Å². The fourth-order valence-electron chi connectivity index (χ4n) is 2.75. The summed E-state index contributed by atoms with van der Waals surface area (Å²) in [6.07, 6.45) is 0. The number of hydrogen-bond donors (Lipinski definition) is 1. The summed E-state index contributed by atoms with van der Waals surface area (Å²) in [6.45, 7) is 9.71. The molecule has 1 aromatic carbocycles. The molecule has 4 nitrogen and oxygen atoms in total. The lowest BCUT2D eigenvalue weighted by Gasteiger charge is -2.37. The standard InChI is InChI=1S/C15H25N3O/c1-4-17-8-10-18(11-9-17)13-6-5-7-14(19-3)15(13)12(2)16/h5-7,12H,4,8-11,16H2,1-3H3/t12-/m1/s1. The third-order valence-corrected chi connectivity index (χ3v) is 3.88. The number of hydrogen-bond acceptors (Lipinski definition) is 4. The van der Waals surface area contributed by atoms with Crippen LogP contribution in [0.1, 0.15) is 25.5 Å². The van der Waals surface area contributed by atoms with Gasteiger partial charge in [-0.3, -0.25) is 0 Å². The van der Waals surface area contributed by atoms with E-state index in [-0.39, 0.29) is 6.04 Å². The number of likely N-dealkylation sites (N-methyl/N-ethyl adjacent to an activating group) is 1. The molecule has 1 aliphatic heterocycles. The van der Waals surface area contributed by atoms with E-state index < -0.39 is 0 Å². The quantitative estimate of drug-likeness (QED) is 0.900. The minimum Gasteiger partial charge on any atom is -0.496 e. The van der Waals surface area contributed by atoms with Crippen molar-refractivity contribution in [3.63, 3.8) is 0 Å². The molecule has 0 radical (unpaired) electrons. The van der Waals surface area contributed by atoms with Gasteiger partial charge in [0.1, 0.15) is 5.75 Å². The number of ether oxygens (including phenoxy) is 1. The molecule has 1 fully saturated rings. The molecule has 0 saturated carbocycles. The molecule has 0 unspecified atom stereocenters. The van der Waals surface area contributed by atoms with Crippen molar-refractivity contribution in [2.24, 2.45) is 5.73 Å². The second-order valence-corrected chi connectivity index (χ2v) is 5.10. The Morgan fingerprint density at radius 1 is 1.26 bits per heavy atom. The van der Waals surface area contributed by atoms with Gasteiger partial charge in [-0.25, -0.2) is 0 Å². The van der Waals surface area contributed by atoms with Crippen molar-refractivity contribution in [1.82, 2.24) is 4.90 Å². The maximum atomic E-state index is 6.13. The molecule has 0 aromatic heterocycles. The molecule has 0 spiro atoms. The summed E-state index contributed by atoms with van der Waals surface area (Å²) in [5.74, 6) is 0.894.